The molecule has 0 aliphatic carbocycles. The van der Waals surface area contributed by atoms with Gasteiger partial charge in [0.1, 0.15) is 11.9 Å². The summed E-state index contributed by atoms with van der Waals surface area (Å²) in [6.45, 7) is 0.764. The molecule has 3 rings (SSSR count). The van der Waals surface area contributed by atoms with Crippen molar-refractivity contribution in [3.05, 3.63) is 27.7 Å². The fourth-order valence-electron chi connectivity index (χ4n) is 2.96. The minimum atomic E-state index is 0.0149. The molecular weight excluding hydrogens is 395 g/mol. The first-order valence-electron chi connectivity index (χ1n) is 7.04. The molecule has 0 radical (unpaired) electrons. The van der Waals surface area contributed by atoms with Crippen LogP contribution in [0.4, 0.5) is 0 Å². The van der Waals surface area contributed by atoms with Crippen molar-refractivity contribution < 1.29 is 9.47 Å². The molecule has 2 aliphatic heterocycles. The molecule has 2 nitrogen and oxygen atoms in total. The molecular formula is C15H17BrCl2O2S. The van der Waals surface area contributed by atoms with Crippen LogP contribution in [0.1, 0.15) is 24.8 Å². The zero-order chi connectivity index (χ0) is 14.9. The largest absolute Gasteiger partial charge is 0.488 e. The first-order chi connectivity index (χ1) is 10.1. The minimum absolute atomic E-state index is 0.0149. The third kappa shape index (κ3) is 3.66. The van der Waals surface area contributed by atoms with Gasteiger partial charge in [0.25, 0.3) is 0 Å². The van der Waals surface area contributed by atoms with Gasteiger partial charge in [-0.2, -0.15) is 11.8 Å². The highest BCUT2D eigenvalue weighted by atomic mass is 79.9. The maximum atomic E-state index is 6.32. The van der Waals surface area contributed by atoms with Crippen molar-refractivity contribution in [3.8, 4) is 5.75 Å². The molecule has 21 heavy (non-hydrogen) atoms. The molecule has 116 valence electrons. The number of benzene rings is 1. The van der Waals surface area contributed by atoms with Crippen LogP contribution >= 0.6 is 50.9 Å². The van der Waals surface area contributed by atoms with Gasteiger partial charge in [-0.3, -0.25) is 0 Å². The van der Waals surface area contributed by atoms with E-state index in [9.17, 15) is 0 Å². The average Bonchev–Trinajstić information content (AvgIpc) is 2.89. The van der Waals surface area contributed by atoms with E-state index in [-0.39, 0.29) is 11.7 Å². The normalized spacial score (nSPS) is 29.0. The molecule has 1 aromatic rings. The Morgan fingerprint density at radius 1 is 1.43 bits per heavy atom. The Morgan fingerprint density at radius 2 is 2.29 bits per heavy atom. The Labute approximate surface area is 148 Å². The predicted octanol–water partition coefficient (Wildman–Crippen LogP) is 5.32. The summed E-state index contributed by atoms with van der Waals surface area (Å²) in [6, 6.07) is 3.64. The van der Waals surface area contributed by atoms with Crippen LogP contribution in [0.25, 0.3) is 0 Å². The van der Waals surface area contributed by atoms with Gasteiger partial charge in [-0.25, -0.2) is 0 Å². The van der Waals surface area contributed by atoms with Gasteiger partial charge >= 0.3 is 0 Å². The van der Waals surface area contributed by atoms with Crippen LogP contribution in [0.5, 0.6) is 5.75 Å². The van der Waals surface area contributed by atoms with Gasteiger partial charge in [0.2, 0.25) is 0 Å². The van der Waals surface area contributed by atoms with E-state index in [1.165, 1.54) is 5.75 Å². The highest BCUT2D eigenvalue weighted by molar-refractivity contribution is 9.08. The monoisotopic (exact) mass is 410 g/mol. The number of rotatable bonds is 3. The highest BCUT2D eigenvalue weighted by Gasteiger charge is 2.41. The molecule has 0 aromatic heterocycles. The third-order valence-electron chi connectivity index (χ3n) is 4.03. The van der Waals surface area contributed by atoms with E-state index in [0.29, 0.717) is 15.4 Å². The molecule has 1 spiro atoms. The molecule has 0 saturated carbocycles. The fraction of sp³-hybridized carbons (Fsp3) is 0.600. The van der Waals surface area contributed by atoms with E-state index in [0.717, 1.165) is 42.9 Å². The Balaban J connectivity index is 1.77. The fourth-order valence-corrected chi connectivity index (χ4v) is 5.33. The summed E-state index contributed by atoms with van der Waals surface area (Å²) in [5.74, 6) is 3.01. The Hall–Kier alpha value is 0.390. The Kier molecular flexibility index (Phi) is 5.32. The van der Waals surface area contributed by atoms with Crippen LogP contribution < -0.4 is 4.74 Å². The number of thioether (sulfide) groups is 1. The number of alkyl halides is 1. The molecule has 6 heteroatoms. The zero-order valence-corrected chi connectivity index (χ0v) is 15.5. The minimum Gasteiger partial charge on any atom is -0.488 e. The van der Waals surface area contributed by atoms with E-state index in [1.807, 2.05) is 17.8 Å². The molecule has 2 fully saturated rings. The maximum absolute atomic E-state index is 6.32. The first-order valence-corrected chi connectivity index (χ1v) is 10.1. The lowest BCUT2D eigenvalue weighted by molar-refractivity contribution is -0.0959. The topological polar surface area (TPSA) is 18.5 Å². The van der Waals surface area contributed by atoms with Crippen molar-refractivity contribution in [2.24, 2.45) is 0 Å². The molecule has 0 N–H and O–H groups in total. The zero-order valence-electron chi connectivity index (χ0n) is 11.5. The van der Waals surface area contributed by atoms with Crippen LogP contribution in [-0.4, -0.2) is 29.8 Å². The van der Waals surface area contributed by atoms with E-state index >= 15 is 0 Å². The van der Waals surface area contributed by atoms with Crippen molar-refractivity contribution in [1.82, 2.24) is 0 Å². The number of hydrogen-bond acceptors (Lipinski definition) is 3. The second kappa shape index (κ2) is 6.88. The maximum Gasteiger partial charge on any atom is 0.142 e. The molecule has 1 aromatic carbocycles. The summed E-state index contributed by atoms with van der Waals surface area (Å²) in [7, 11) is 0. The SMILES string of the molecule is Clc1cc(Cl)c(OC2CCOC3(CCSC3)C2)c(CBr)c1. The summed E-state index contributed by atoms with van der Waals surface area (Å²) in [4.78, 5) is 0. The Morgan fingerprint density at radius 3 is 3.00 bits per heavy atom. The lowest BCUT2D eigenvalue weighted by Gasteiger charge is -2.38. The van der Waals surface area contributed by atoms with Gasteiger partial charge < -0.3 is 9.47 Å². The van der Waals surface area contributed by atoms with Crippen molar-refractivity contribution >= 4 is 50.9 Å². The van der Waals surface area contributed by atoms with Crippen LogP contribution in [0.3, 0.4) is 0 Å². The van der Waals surface area contributed by atoms with Crippen LogP contribution in [0, 0.1) is 0 Å². The number of ether oxygens (including phenoxy) is 2. The number of hydrogen-bond donors (Lipinski definition) is 0. The van der Waals surface area contributed by atoms with Crippen molar-refractivity contribution in [1.29, 1.82) is 0 Å². The van der Waals surface area contributed by atoms with Crippen LogP contribution in [0.2, 0.25) is 10.0 Å². The predicted molar refractivity (Wildman–Crippen MR) is 93.4 cm³/mol. The molecule has 0 amide bonds. The molecule has 2 saturated heterocycles. The van der Waals surface area contributed by atoms with Crippen LogP contribution in [0.15, 0.2) is 12.1 Å². The van der Waals surface area contributed by atoms with Gasteiger partial charge in [-0.15, -0.1) is 0 Å². The van der Waals surface area contributed by atoms with Crippen molar-refractivity contribution in [3.63, 3.8) is 0 Å². The van der Waals surface area contributed by atoms with Gasteiger partial charge in [-0.1, -0.05) is 39.1 Å². The summed E-state index contributed by atoms with van der Waals surface area (Å²) in [6.07, 6.45) is 3.14. The van der Waals surface area contributed by atoms with Gasteiger partial charge in [0.15, 0.2) is 0 Å². The van der Waals surface area contributed by atoms with E-state index in [1.54, 1.807) is 6.07 Å². The smallest absolute Gasteiger partial charge is 0.142 e. The molecule has 0 bridgehead atoms. The lowest BCUT2D eigenvalue weighted by atomic mass is 9.91. The van der Waals surface area contributed by atoms with Gasteiger partial charge in [0.05, 0.1) is 17.2 Å². The molecule has 2 atom stereocenters. The highest BCUT2D eigenvalue weighted by Crippen LogP contribution is 2.41. The molecule has 2 unspecified atom stereocenters. The standard InChI is InChI=1S/C15H17BrCl2O2S/c16-8-10-5-11(17)6-13(18)14(10)20-12-1-3-19-15(7-12)2-4-21-9-15/h5-6,12H,1-4,7-9H2. The second-order valence-electron chi connectivity index (χ2n) is 5.58. The van der Waals surface area contributed by atoms with Crippen LogP contribution in [-0.2, 0) is 10.1 Å². The van der Waals surface area contributed by atoms with Gasteiger partial charge in [0, 0.05) is 34.5 Å². The molecule has 2 heterocycles. The molecule has 2 aliphatic rings. The van der Waals surface area contributed by atoms with E-state index in [4.69, 9.17) is 32.7 Å². The Bertz CT molecular complexity index is 521. The lowest BCUT2D eigenvalue weighted by Crippen LogP contribution is -2.43. The summed E-state index contributed by atoms with van der Waals surface area (Å²) >= 11 is 17.8. The first kappa shape index (κ1) is 16.3. The number of halogens is 3. The summed E-state index contributed by atoms with van der Waals surface area (Å²) in [5.41, 5.74) is 1.01. The average molecular weight is 412 g/mol. The quantitative estimate of drug-likeness (QED) is 0.627. The van der Waals surface area contributed by atoms with Crippen molar-refractivity contribution in [2.75, 3.05) is 18.1 Å². The van der Waals surface area contributed by atoms with E-state index in [2.05, 4.69) is 15.9 Å². The van der Waals surface area contributed by atoms with E-state index < -0.39 is 0 Å². The second-order valence-corrected chi connectivity index (χ2v) is 8.09. The third-order valence-corrected chi connectivity index (χ3v) is 6.35. The summed E-state index contributed by atoms with van der Waals surface area (Å²) in [5, 5.41) is 1.89. The van der Waals surface area contributed by atoms with Gasteiger partial charge in [-0.05, 0) is 24.3 Å². The van der Waals surface area contributed by atoms with Crippen molar-refractivity contribution in [2.45, 2.75) is 36.3 Å². The summed E-state index contributed by atoms with van der Waals surface area (Å²) < 4.78 is 12.3.